The van der Waals surface area contributed by atoms with Crippen molar-refractivity contribution in [2.24, 2.45) is 0 Å². The van der Waals surface area contributed by atoms with Gasteiger partial charge in [-0.15, -0.1) is 0 Å². The summed E-state index contributed by atoms with van der Waals surface area (Å²) < 4.78 is 5.34. The van der Waals surface area contributed by atoms with E-state index in [1.165, 1.54) is 0 Å². The lowest BCUT2D eigenvalue weighted by atomic mass is 9.78. The zero-order valence-corrected chi connectivity index (χ0v) is 11.3. The summed E-state index contributed by atoms with van der Waals surface area (Å²) in [5.74, 6) is 0. The molecular weight excluding hydrogens is 259 g/mol. The standard InChI is InChI=1S/C13H16Cl2O2/c1-17-10-3-2-6-13(16,8-10)9-4-5-11(14)12(15)7-9/h4-5,7,10,16H,2-3,6,8H2,1H3. The maximum absolute atomic E-state index is 10.7. The second kappa shape index (κ2) is 5.15. The molecule has 1 saturated carbocycles. The van der Waals surface area contributed by atoms with Gasteiger partial charge < -0.3 is 9.84 Å². The summed E-state index contributed by atoms with van der Waals surface area (Å²) in [6, 6.07) is 5.32. The van der Waals surface area contributed by atoms with Gasteiger partial charge in [0.2, 0.25) is 0 Å². The molecule has 0 aliphatic heterocycles. The molecule has 1 aromatic carbocycles. The van der Waals surface area contributed by atoms with Crippen molar-refractivity contribution in [3.05, 3.63) is 33.8 Å². The summed E-state index contributed by atoms with van der Waals surface area (Å²) in [5, 5.41) is 11.7. The zero-order chi connectivity index (χ0) is 12.5. The molecule has 1 N–H and O–H groups in total. The Hall–Kier alpha value is -0.280. The van der Waals surface area contributed by atoms with E-state index in [2.05, 4.69) is 0 Å². The number of benzene rings is 1. The zero-order valence-electron chi connectivity index (χ0n) is 9.75. The van der Waals surface area contributed by atoms with Gasteiger partial charge in [-0.2, -0.15) is 0 Å². The normalized spacial score (nSPS) is 29.3. The third kappa shape index (κ3) is 2.76. The first kappa shape index (κ1) is 13.2. The quantitative estimate of drug-likeness (QED) is 0.890. The van der Waals surface area contributed by atoms with Crippen LogP contribution in [-0.2, 0) is 10.3 Å². The topological polar surface area (TPSA) is 29.5 Å². The Kier molecular flexibility index (Phi) is 3.99. The molecule has 0 heterocycles. The van der Waals surface area contributed by atoms with Crippen molar-refractivity contribution in [3.63, 3.8) is 0 Å². The number of methoxy groups -OCH3 is 1. The predicted octanol–water partition coefficient (Wildman–Crippen LogP) is 3.77. The van der Waals surface area contributed by atoms with Crippen molar-refractivity contribution in [2.45, 2.75) is 37.4 Å². The monoisotopic (exact) mass is 274 g/mol. The van der Waals surface area contributed by atoms with Gasteiger partial charge in [0.05, 0.1) is 21.8 Å². The van der Waals surface area contributed by atoms with Crippen LogP contribution in [0.25, 0.3) is 0 Å². The molecule has 2 atom stereocenters. The van der Waals surface area contributed by atoms with Crippen LogP contribution in [0.1, 0.15) is 31.2 Å². The van der Waals surface area contributed by atoms with Crippen LogP contribution in [0.2, 0.25) is 10.0 Å². The third-order valence-corrected chi connectivity index (χ3v) is 4.21. The van der Waals surface area contributed by atoms with Gasteiger partial charge in [0, 0.05) is 13.5 Å². The molecule has 0 bridgehead atoms. The Bertz CT molecular complexity index is 408. The first-order chi connectivity index (χ1) is 8.05. The molecule has 0 amide bonds. The van der Waals surface area contributed by atoms with E-state index in [1.54, 1.807) is 19.2 Å². The molecular formula is C13H16Cl2O2. The highest BCUT2D eigenvalue weighted by molar-refractivity contribution is 6.42. The minimum atomic E-state index is -0.840. The van der Waals surface area contributed by atoms with Gasteiger partial charge in [-0.05, 0) is 37.0 Å². The van der Waals surface area contributed by atoms with E-state index in [-0.39, 0.29) is 6.10 Å². The number of halogens is 2. The highest BCUT2D eigenvalue weighted by atomic mass is 35.5. The van der Waals surface area contributed by atoms with E-state index < -0.39 is 5.60 Å². The van der Waals surface area contributed by atoms with Crippen LogP contribution < -0.4 is 0 Å². The summed E-state index contributed by atoms with van der Waals surface area (Å²) in [6.45, 7) is 0. The van der Waals surface area contributed by atoms with Crippen LogP contribution in [0.5, 0.6) is 0 Å². The number of aliphatic hydroxyl groups is 1. The molecule has 17 heavy (non-hydrogen) atoms. The smallest absolute Gasteiger partial charge is 0.0921 e. The molecule has 94 valence electrons. The first-order valence-electron chi connectivity index (χ1n) is 5.76. The predicted molar refractivity (Wildman–Crippen MR) is 69.6 cm³/mol. The van der Waals surface area contributed by atoms with E-state index in [4.69, 9.17) is 27.9 Å². The Balaban J connectivity index is 2.27. The molecule has 0 aromatic heterocycles. The molecule has 1 aromatic rings. The molecule has 2 rings (SSSR count). The van der Waals surface area contributed by atoms with Crippen LogP contribution in [-0.4, -0.2) is 18.3 Å². The van der Waals surface area contributed by atoms with Crippen molar-refractivity contribution in [3.8, 4) is 0 Å². The van der Waals surface area contributed by atoms with E-state index >= 15 is 0 Å². The lowest BCUT2D eigenvalue weighted by Crippen LogP contribution is -2.35. The summed E-state index contributed by atoms with van der Waals surface area (Å²) >= 11 is 11.9. The van der Waals surface area contributed by atoms with Crippen LogP contribution in [0.3, 0.4) is 0 Å². The first-order valence-corrected chi connectivity index (χ1v) is 6.51. The summed E-state index contributed by atoms with van der Waals surface area (Å²) in [7, 11) is 1.69. The van der Waals surface area contributed by atoms with Gasteiger partial charge in [0.15, 0.2) is 0 Å². The molecule has 1 aliphatic carbocycles. The Morgan fingerprint density at radius 2 is 2.12 bits per heavy atom. The van der Waals surface area contributed by atoms with Crippen LogP contribution in [0.15, 0.2) is 18.2 Å². The average Bonchev–Trinajstić information content (AvgIpc) is 2.32. The van der Waals surface area contributed by atoms with E-state index in [0.29, 0.717) is 16.5 Å². The number of ether oxygens (including phenoxy) is 1. The maximum atomic E-state index is 10.7. The van der Waals surface area contributed by atoms with E-state index in [9.17, 15) is 5.11 Å². The lowest BCUT2D eigenvalue weighted by Gasteiger charge is -2.36. The Morgan fingerprint density at radius 1 is 1.35 bits per heavy atom. The number of hydrogen-bond acceptors (Lipinski definition) is 2. The van der Waals surface area contributed by atoms with Crippen molar-refractivity contribution >= 4 is 23.2 Å². The highest BCUT2D eigenvalue weighted by Crippen LogP contribution is 2.39. The number of rotatable bonds is 2. The number of hydrogen-bond donors (Lipinski definition) is 1. The van der Waals surface area contributed by atoms with E-state index in [0.717, 1.165) is 24.8 Å². The highest BCUT2D eigenvalue weighted by Gasteiger charge is 2.36. The average molecular weight is 275 g/mol. The van der Waals surface area contributed by atoms with Crippen LogP contribution >= 0.6 is 23.2 Å². The molecule has 1 aliphatic rings. The van der Waals surface area contributed by atoms with Gasteiger partial charge in [-0.25, -0.2) is 0 Å². The van der Waals surface area contributed by atoms with Crippen molar-refractivity contribution < 1.29 is 9.84 Å². The largest absolute Gasteiger partial charge is 0.385 e. The second-order valence-corrected chi connectivity index (χ2v) is 5.43. The molecule has 4 heteroatoms. The summed E-state index contributed by atoms with van der Waals surface area (Å²) in [5.41, 5.74) is -0.0127. The minimum absolute atomic E-state index is 0.114. The van der Waals surface area contributed by atoms with Gasteiger partial charge in [0.1, 0.15) is 0 Å². The molecule has 0 saturated heterocycles. The fourth-order valence-corrected chi connectivity index (χ4v) is 2.75. The molecule has 0 spiro atoms. The van der Waals surface area contributed by atoms with Crippen molar-refractivity contribution in [1.82, 2.24) is 0 Å². The molecule has 2 nitrogen and oxygen atoms in total. The van der Waals surface area contributed by atoms with Gasteiger partial charge in [-0.3, -0.25) is 0 Å². The Morgan fingerprint density at radius 3 is 2.76 bits per heavy atom. The fraction of sp³-hybridized carbons (Fsp3) is 0.538. The minimum Gasteiger partial charge on any atom is -0.385 e. The van der Waals surface area contributed by atoms with Crippen molar-refractivity contribution in [2.75, 3.05) is 7.11 Å². The van der Waals surface area contributed by atoms with Gasteiger partial charge in [-0.1, -0.05) is 29.3 Å². The third-order valence-electron chi connectivity index (χ3n) is 3.47. The molecule has 2 unspecified atom stereocenters. The lowest BCUT2D eigenvalue weighted by molar-refractivity contribution is -0.0631. The Labute approximate surface area is 111 Å². The van der Waals surface area contributed by atoms with Gasteiger partial charge >= 0.3 is 0 Å². The van der Waals surface area contributed by atoms with Crippen LogP contribution in [0.4, 0.5) is 0 Å². The summed E-state index contributed by atoms with van der Waals surface area (Å²) in [6.07, 6.45) is 3.42. The second-order valence-electron chi connectivity index (χ2n) is 4.61. The summed E-state index contributed by atoms with van der Waals surface area (Å²) in [4.78, 5) is 0. The molecule has 1 fully saturated rings. The van der Waals surface area contributed by atoms with E-state index in [1.807, 2.05) is 6.07 Å². The van der Waals surface area contributed by atoms with Gasteiger partial charge in [0.25, 0.3) is 0 Å². The van der Waals surface area contributed by atoms with Crippen LogP contribution in [0, 0.1) is 0 Å². The maximum Gasteiger partial charge on any atom is 0.0921 e. The SMILES string of the molecule is COC1CCCC(O)(c2ccc(Cl)c(Cl)c2)C1. The fourth-order valence-electron chi connectivity index (χ4n) is 2.45. The van der Waals surface area contributed by atoms with Crippen molar-refractivity contribution in [1.29, 1.82) is 0 Å². The molecule has 0 radical (unpaired) electrons.